The molecule has 3 aromatic rings. The number of nitrogen functional groups attached to an aromatic ring is 1. The van der Waals surface area contributed by atoms with Gasteiger partial charge in [-0.25, -0.2) is 4.98 Å². The van der Waals surface area contributed by atoms with Gasteiger partial charge in [0.15, 0.2) is 0 Å². The van der Waals surface area contributed by atoms with Gasteiger partial charge in [-0.15, -0.1) is 0 Å². The third-order valence-corrected chi connectivity index (χ3v) is 3.33. The molecule has 96 valence electrons. The summed E-state index contributed by atoms with van der Waals surface area (Å²) in [6.07, 6.45) is 1.84. The van der Waals surface area contributed by atoms with E-state index in [1.165, 1.54) is 6.07 Å². The molecule has 2 heterocycles. The molecule has 1 aromatic carbocycles. The van der Waals surface area contributed by atoms with Crippen LogP contribution in [-0.2, 0) is 0 Å². The number of nitrogens with two attached hydrogens (primary N) is 1. The third-order valence-electron chi connectivity index (χ3n) is 3.10. The number of anilines is 1. The van der Waals surface area contributed by atoms with E-state index >= 15 is 0 Å². The zero-order chi connectivity index (χ0) is 13.6. The number of aryl methyl sites for hydroxylation is 1. The van der Waals surface area contributed by atoms with Crippen molar-refractivity contribution < 1.29 is 5.11 Å². The molecule has 0 amide bonds. The minimum atomic E-state index is 0.108. The number of imidazole rings is 1. The Hall–Kier alpha value is -2.20. The van der Waals surface area contributed by atoms with E-state index in [1.807, 2.05) is 25.3 Å². The number of phenolic OH excluding ortho intramolecular Hbond substituents is 1. The number of nitrogens with zero attached hydrogens (tertiary/aromatic N) is 2. The Labute approximate surface area is 115 Å². The molecule has 0 bridgehead atoms. The number of aromatic nitrogens is 2. The molecule has 0 spiro atoms. The van der Waals surface area contributed by atoms with Crippen LogP contribution in [0.5, 0.6) is 5.75 Å². The monoisotopic (exact) mass is 273 g/mol. The fourth-order valence-electron chi connectivity index (χ4n) is 2.12. The summed E-state index contributed by atoms with van der Waals surface area (Å²) in [5.74, 6) is 0.591. The summed E-state index contributed by atoms with van der Waals surface area (Å²) in [6, 6.07) is 8.68. The first-order valence-corrected chi connectivity index (χ1v) is 6.18. The molecule has 2 aromatic heterocycles. The quantitative estimate of drug-likeness (QED) is 0.715. The number of hydrogen-bond acceptors (Lipinski definition) is 3. The number of fused-ring (bicyclic) bond motifs is 1. The molecule has 19 heavy (non-hydrogen) atoms. The van der Waals surface area contributed by atoms with Crippen LogP contribution in [0.25, 0.3) is 16.9 Å². The molecule has 5 heteroatoms. The second-order valence-electron chi connectivity index (χ2n) is 4.39. The lowest BCUT2D eigenvalue weighted by Crippen LogP contribution is -1.94. The van der Waals surface area contributed by atoms with Crippen molar-refractivity contribution in [3.63, 3.8) is 0 Å². The second-order valence-corrected chi connectivity index (χ2v) is 4.83. The van der Waals surface area contributed by atoms with Crippen molar-refractivity contribution in [2.45, 2.75) is 6.92 Å². The Morgan fingerprint density at radius 2 is 2.11 bits per heavy atom. The average molecular weight is 274 g/mol. The van der Waals surface area contributed by atoms with Gasteiger partial charge in [-0.1, -0.05) is 17.7 Å². The molecule has 0 unspecified atom stereocenters. The molecule has 0 saturated carbocycles. The summed E-state index contributed by atoms with van der Waals surface area (Å²) >= 11 is 5.96. The molecule has 0 fully saturated rings. The summed E-state index contributed by atoms with van der Waals surface area (Å²) in [5.41, 5.74) is 8.97. The highest BCUT2D eigenvalue weighted by Crippen LogP contribution is 2.35. The van der Waals surface area contributed by atoms with Crippen LogP contribution in [-0.4, -0.2) is 14.5 Å². The van der Waals surface area contributed by atoms with E-state index in [0.717, 1.165) is 11.2 Å². The third kappa shape index (κ3) is 1.81. The Bertz CT molecular complexity index is 780. The van der Waals surface area contributed by atoms with E-state index in [2.05, 4.69) is 4.98 Å². The fourth-order valence-corrected chi connectivity index (χ4v) is 2.29. The first-order valence-electron chi connectivity index (χ1n) is 5.80. The predicted molar refractivity (Wildman–Crippen MR) is 76.5 cm³/mol. The lowest BCUT2D eigenvalue weighted by Gasteiger charge is -2.03. The van der Waals surface area contributed by atoms with Crippen molar-refractivity contribution in [1.29, 1.82) is 0 Å². The van der Waals surface area contributed by atoms with Crippen molar-refractivity contribution in [1.82, 2.24) is 9.38 Å². The molecule has 4 nitrogen and oxygen atoms in total. The van der Waals surface area contributed by atoms with Gasteiger partial charge in [0.1, 0.15) is 22.9 Å². The van der Waals surface area contributed by atoms with Gasteiger partial charge in [0, 0.05) is 16.8 Å². The highest BCUT2D eigenvalue weighted by molar-refractivity contribution is 6.31. The van der Waals surface area contributed by atoms with Crippen molar-refractivity contribution in [2.75, 3.05) is 5.73 Å². The van der Waals surface area contributed by atoms with Gasteiger partial charge in [0.25, 0.3) is 0 Å². The second kappa shape index (κ2) is 4.17. The molecule has 0 aliphatic rings. The maximum Gasteiger partial charge on any atom is 0.142 e. The van der Waals surface area contributed by atoms with Crippen molar-refractivity contribution >= 4 is 23.1 Å². The fraction of sp³-hybridized carbons (Fsp3) is 0.0714. The molecular formula is C14H12ClN3O. The SMILES string of the molecule is Cc1cccn2c(N)c(-c3cc(Cl)ccc3O)nc12. The van der Waals surface area contributed by atoms with Crippen LogP contribution in [0.1, 0.15) is 5.56 Å². The van der Waals surface area contributed by atoms with Gasteiger partial charge in [-0.2, -0.15) is 0 Å². The molecule has 0 aliphatic heterocycles. The van der Waals surface area contributed by atoms with E-state index in [-0.39, 0.29) is 5.75 Å². The number of phenols is 1. The Morgan fingerprint density at radius 3 is 2.84 bits per heavy atom. The lowest BCUT2D eigenvalue weighted by atomic mass is 10.1. The molecule has 0 atom stereocenters. The Balaban J connectivity index is 2.34. The first-order chi connectivity index (χ1) is 9.08. The van der Waals surface area contributed by atoms with Gasteiger partial charge in [0.05, 0.1) is 0 Å². The van der Waals surface area contributed by atoms with E-state index in [0.29, 0.717) is 22.1 Å². The van der Waals surface area contributed by atoms with Crippen molar-refractivity contribution in [3.8, 4) is 17.0 Å². The number of aromatic hydroxyl groups is 1. The first kappa shape index (κ1) is 11.9. The normalized spacial score (nSPS) is 11.1. The van der Waals surface area contributed by atoms with E-state index in [4.69, 9.17) is 17.3 Å². The predicted octanol–water partition coefficient (Wildman–Crippen LogP) is 3.25. The maximum atomic E-state index is 9.94. The van der Waals surface area contributed by atoms with Crippen LogP contribution < -0.4 is 5.73 Å². The smallest absolute Gasteiger partial charge is 0.142 e. The maximum absolute atomic E-state index is 9.94. The highest BCUT2D eigenvalue weighted by atomic mass is 35.5. The van der Waals surface area contributed by atoms with E-state index in [9.17, 15) is 5.11 Å². The van der Waals surface area contributed by atoms with Gasteiger partial charge in [0.2, 0.25) is 0 Å². The number of halogens is 1. The number of hydrogen-bond donors (Lipinski definition) is 2. The van der Waals surface area contributed by atoms with Crippen LogP contribution in [0.2, 0.25) is 5.02 Å². The van der Waals surface area contributed by atoms with Crippen molar-refractivity contribution in [3.05, 3.63) is 47.1 Å². The Morgan fingerprint density at radius 1 is 1.32 bits per heavy atom. The number of benzene rings is 1. The summed E-state index contributed by atoms with van der Waals surface area (Å²) in [4.78, 5) is 4.50. The van der Waals surface area contributed by atoms with Gasteiger partial charge in [-0.05, 0) is 36.8 Å². The molecule has 3 rings (SSSR count). The number of rotatable bonds is 1. The van der Waals surface area contributed by atoms with Crippen LogP contribution >= 0.6 is 11.6 Å². The van der Waals surface area contributed by atoms with Gasteiger partial charge >= 0.3 is 0 Å². The average Bonchev–Trinajstić information content (AvgIpc) is 2.72. The van der Waals surface area contributed by atoms with Crippen LogP contribution in [0.3, 0.4) is 0 Å². The minimum absolute atomic E-state index is 0.108. The lowest BCUT2D eigenvalue weighted by molar-refractivity contribution is 0.477. The summed E-state index contributed by atoms with van der Waals surface area (Å²) < 4.78 is 1.80. The van der Waals surface area contributed by atoms with Crippen LogP contribution in [0, 0.1) is 6.92 Å². The molecule has 0 saturated heterocycles. The van der Waals surface area contributed by atoms with Crippen LogP contribution in [0.15, 0.2) is 36.5 Å². The van der Waals surface area contributed by atoms with E-state index in [1.54, 1.807) is 16.5 Å². The van der Waals surface area contributed by atoms with Crippen molar-refractivity contribution in [2.24, 2.45) is 0 Å². The summed E-state index contributed by atoms with van der Waals surface area (Å²) in [5, 5.41) is 10.5. The molecular weight excluding hydrogens is 262 g/mol. The summed E-state index contributed by atoms with van der Waals surface area (Å²) in [7, 11) is 0. The minimum Gasteiger partial charge on any atom is -0.507 e. The topological polar surface area (TPSA) is 63.5 Å². The van der Waals surface area contributed by atoms with Crippen LogP contribution in [0.4, 0.5) is 5.82 Å². The van der Waals surface area contributed by atoms with Gasteiger partial charge in [-0.3, -0.25) is 4.40 Å². The van der Waals surface area contributed by atoms with Gasteiger partial charge < -0.3 is 10.8 Å². The zero-order valence-electron chi connectivity index (χ0n) is 10.3. The molecule has 3 N–H and O–H groups in total. The largest absolute Gasteiger partial charge is 0.507 e. The standard InChI is InChI=1S/C14H12ClN3O/c1-8-3-2-6-18-13(16)12(17-14(8)18)10-7-9(15)4-5-11(10)19/h2-7,19H,16H2,1H3. The number of pyridine rings is 1. The highest BCUT2D eigenvalue weighted by Gasteiger charge is 2.15. The molecule has 0 aliphatic carbocycles. The summed E-state index contributed by atoms with van der Waals surface area (Å²) in [6.45, 7) is 1.96. The Kier molecular flexibility index (Phi) is 2.61. The van der Waals surface area contributed by atoms with E-state index < -0.39 is 0 Å². The zero-order valence-corrected chi connectivity index (χ0v) is 11.0. The molecule has 0 radical (unpaired) electrons.